The minimum absolute atomic E-state index is 0.192. The Hall–Kier alpha value is -2.61. The summed E-state index contributed by atoms with van der Waals surface area (Å²) < 4.78 is 29.0. The maximum atomic E-state index is 13.4. The average molecular weight is 483 g/mol. The van der Waals surface area contributed by atoms with E-state index in [1.165, 1.54) is 0 Å². The molecule has 5 nitrogen and oxygen atoms in total. The first-order chi connectivity index (χ1) is 15.8. The molecular weight excluding hydrogens is 452 g/mol. The average Bonchev–Trinajstić information content (AvgIpc) is 2.81. The number of hydrogen-bond donors (Lipinski definition) is 2. The van der Waals surface area contributed by atoms with Crippen molar-refractivity contribution in [3.8, 4) is 0 Å². The second-order valence-corrected chi connectivity index (χ2v) is 10.7. The molecule has 2 N–H and O–H groups in total. The van der Waals surface area contributed by atoms with E-state index in [-0.39, 0.29) is 16.8 Å². The molecule has 0 bridgehead atoms. The number of nitrogens with one attached hydrogen (secondary N) is 2. The normalized spacial score (nSPS) is 12.5. The van der Waals surface area contributed by atoms with E-state index in [0.29, 0.717) is 17.7 Å². The lowest BCUT2D eigenvalue weighted by atomic mass is 9.98. The van der Waals surface area contributed by atoms with Crippen LogP contribution in [0, 0.1) is 13.8 Å². The fourth-order valence-corrected chi connectivity index (χ4v) is 5.65. The zero-order valence-corrected chi connectivity index (χ0v) is 20.7. The second-order valence-electron chi connectivity index (χ2n) is 7.99. The van der Waals surface area contributed by atoms with Crippen molar-refractivity contribution in [2.45, 2.75) is 37.2 Å². The highest BCUT2D eigenvalue weighted by Crippen LogP contribution is 2.23. The Morgan fingerprint density at radius 2 is 1.48 bits per heavy atom. The fourth-order valence-electron chi connectivity index (χ4n) is 3.72. The van der Waals surface area contributed by atoms with E-state index in [9.17, 15) is 13.2 Å². The van der Waals surface area contributed by atoms with Gasteiger partial charge in [0.1, 0.15) is 6.04 Å². The van der Waals surface area contributed by atoms with Gasteiger partial charge < -0.3 is 5.32 Å². The van der Waals surface area contributed by atoms with Gasteiger partial charge in [0, 0.05) is 0 Å². The van der Waals surface area contributed by atoms with E-state index in [2.05, 4.69) is 10.0 Å². The molecule has 0 aliphatic carbocycles. The van der Waals surface area contributed by atoms with Gasteiger partial charge in [-0.25, -0.2) is 8.42 Å². The molecule has 0 aliphatic rings. The number of carbonyl (C=O) groups is 1. The molecule has 0 saturated heterocycles. The third kappa shape index (κ3) is 6.69. The van der Waals surface area contributed by atoms with E-state index in [1.54, 1.807) is 30.8 Å². The van der Waals surface area contributed by atoms with E-state index in [1.807, 2.05) is 79.9 Å². The van der Waals surface area contributed by atoms with Crippen LogP contribution in [0.1, 0.15) is 34.7 Å². The molecule has 0 spiro atoms. The highest BCUT2D eigenvalue weighted by Gasteiger charge is 2.28. The molecule has 0 aliphatic heterocycles. The highest BCUT2D eigenvalue weighted by molar-refractivity contribution is 7.98. The molecule has 0 unspecified atom stereocenters. The summed E-state index contributed by atoms with van der Waals surface area (Å²) >= 11 is 1.57. The molecule has 1 atom stereocenters. The molecule has 0 saturated carbocycles. The first-order valence-corrected chi connectivity index (χ1v) is 13.7. The van der Waals surface area contributed by atoms with Gasteiger partial charge in [-0.1, -0.05) is 78.4 Å². The van der Waals surface area contributed by atoms with Crippen LogP contribution in [-0.4, -0.2) is 32.4 Å². The molecule has 7 heteroatoms. The summed E-state index contributed by atoms with van der Waals surface area (Å²) in [5.74, 6) is 0.296. The lowest BCUT2D eigenvalue weighted by Gasteiger charge is -2.24. The second kappa shape index (κ2) is 11.5. The highest BCUT2D eigenvalue weighted by atomic mass is 32.2. The van der Waals surface area contributed by atoms with Gasteiger partial charge in [-0.3, -0.25) is 4.79 Å². The lowest BCUT2D eigenvalue weighted by Crippen LogP contribution is -2.48. The smallest absolute Gasteiger partial charge is 0.241 e. The monoisotopic (exact) mass is 482 g/mol. The predicted octanol–water partition coefficient (Wildman–Crippen LogP) is 4.61. The number of amides is 1. The largest absolute Gasteiger partial charge is 0.344 e. The van der Waals surface area contributed by atoms with Crippen molar-refractivity contribution in [2.75, 3.05) is 12.0 Å². The number of benzene rings is 3. The van der Waals surface area contributed by atoms with Gasteiger partial charge in [0.05, 0.1) is 10.9 Å². The van der Waals surface area contributed by atoms with Crippen molar-refractivity contribution in [3.05, 3.63) is 101 Å². The SMILES string of the molecule is CSCC[C@H](NS(=O)(=O)c1ccc(C)cc1C)C(=O)NC(c1ccccc1)c1ccccc1. The standard InChI is InChI=1S/C26H30N2O3S2/c1-19-14-15-24(20(2)18-19)33(30,31)28-23(16-17-32-3)26(29)27-25(21-10-6-4-7-11-21)22-12-8-5-9-13-22/h4-15,18,23,25,28H,16-17H2,1-3H3,(H,27,29)/t23-/m0/s1. The zero-order valence-electron chi connectivity index (χ0n) is 19.1. The maximum absolute atomic E-state index is 13.4. The third-order valence-electron chi connectivity index (χ3n) is 5.40. The van der Waals surface area contributed by atoms with Crippen LogP contribution in [0.4, 0.5) is 0 Å². The summed E-state index contributed by atoms with van der Waals surface area (Å²) in [6.45, 7) is 3.68. The molecular formula is C26H30N2O3S2. The molecule has 3 aromatic rings. The molecule has 3 rings (SSSR count). The van der Waals surface area contributed by atoms with Crippen LogP contribution < -0.4 is 10.0 Å². The minimum atomic E-state index is -3.87. The Balaban J connectivity index is 1.88. The third-order valence-corrected chi connectivity index (χ3v) is 7.67. The molecule has 3 aromatic carbocycles. The molecule has 174 valence electrons. The van der Waals surface area contributed by atoms with E-state index in [4.69, 9.17) is 0 Å². The summed E-state index contributed by atoms with van der Waals surface area (Å²) in [4.78, 5) is 13.6. The Bertz CT molecular complexity index is 1130. The topological polar surface area (TPSA) is 75.3 Å². The van der Waals surface area contributed by atoms with Gasteiger partial charge in [0.25, 0.3) is 0 Å². The Labute approximate surface area is 201 Å². The van der Waals surface area contributed by atoms with Gasteiger partial charge in [0.2, 0.25) is 15.9 Å². The molecule has 0 radical (unpaired) electrons. The lowest BCUT2D eigenvalue weighted by molar-refractivity contribution is -0.123. The first-order valence-electron chi connectivity index (χ1n) is 10.8. The van der Waals surface area contributed by atoms with Gasteiger partial charge in [-0.05, 0) is 55.0 Å². The van der Waals surface area contributed by atoms with Crippen molar-refractivity contribution in [3.63, 3.8) is 0 Å². The molecule has 0 heterocycles. The van der Waals surface area contributed by atoms with Crippen molar-refractivity contribution in [1.82, 2.24) is 10.0 Å². The van der Waals surface area contributed by atoms with Crippen LogP contribution in [-0.2, 0) is 14.8 Å². The summed E-state index contributed by atoms with van der Waals surface area (Å²) in [6, 6.07) is 23.2. The van der Waals surface area contributed by atoms with E-state index < -0.39 is 16.1 Å². The van der Waals surface area contributed by atoms with Crippen LogP contribution >= 0.6 is 11.8 Å². The molecule has 0 fully saturated rings. The van der Waals surface area contributed by atoms with Gasteiger partial charge in [-0.2, -0.15) is 16.5 Å². The van der Waals surface area contributed by atoms with Crippen LogP contribution in [0.25, 0.3) is 0 Å². The number of sulfonamides is 1. The number of hydrogen-bond acceptors (Lipinski definition) is 4. The molecule has 33 heavy (non-hydrogen) atoms. The molecule has 1 amide bonds. The van der Waals surface area contributed by atoms with E-state index in [0.717, 1.165) is 16.7 Å². The minimum Gasteiger partial charge on any atom is -0.344 e. The van der Waals surface area contributed by atoms with Crippen LogP contribution in [0.15, 0.2) is 83.8 Å². The quantitative estimate of drug-likeness (QED) is 0.443. The number of rotatable bonds is 10. The van der Waals surface area contributed by atoms with Crippen molar-refractivity contribution in [2.24, 2.45) is 0 Å². The van der Waals surface area contributed by atoms with E-state index >= 15 is 0 Å². The van der Waals surface area contributed by atoms with Crippen LogP contribution in [0.5, 0.6) is 0 Å². The number of aryl methyl sites for hydroxylation is 2. The Morgan fingerprint density at radius 3 is 2.00 bits per heavy atom. The van der Waals surface area contributed by atoms with Crippen LogP contribution in [0.2, 0.25) is 0 Å². The Kier molecular flexibility index (Phi) is 8.72. The summed E-state index contributed by atoms with van der Waals surface area (Å²) in [7, 11) is -3.87. The summed E-state index contributed by atoms with van der Waals surface area (Å²) in [6.07, 6.45) is 2.32. The number of carbonyl (C=O) groups excluding carboxylic acids is 1. The first kappa shape index (κ1) is 25.0. The van der Waals surface area contributed by atoms with Crippen LogP contribution in [0.3, 0.4) is 0 Å². The maximum Gasteiger partial charge on any atom is 0.241 e. The van der Waals surface area contributed by atoms with Gasteiger partial charge in [-0.15, -0.1) is 0 Å². The van der Waals surface area contributed by atoms with Crippen molar-refractivity contribution in [1.29, 1.82) is 0 Å². The summed E-state index contributed by atoms with van der Waals surface area (Å²) in [5, 5.41) is 3.08. The fraction of sp³-hybridized carbons (Fsp3) is 0.269. The summed E-state index contributed by atoms with van der Waals surface area (Å²) in [5.41, 5.74) is 3.49. The van der Waals surface area contributed by atoms with Crippen molar-refractivity contribution >= 4 is 27.7 Å². The van der Waals surface area contributed by atoms with Gasteiger partial charge >= 0.3 is 0 Å². The van der Waals surface area contributed by atoms with Crippen molar-refractivity contribution < 1.29 is 13.2 Å². The number of thioether (sulfide) groups is 1. The van der Waals surface area contributed by atoms with Gasteiger partial charge in [0.15, 0.2) is 0 Å². The molecule has 0 aromatic heterocycles. The Morgan fingerprint density at radius 1 is 0.909 bits per heavy atom. The predicted molar refractivity (Wildman–Crippen MR) is 136 cm³/mol. The zero-order chi connectivity index (χ0) is 23.8.